The highest BCUT2D eigenvalue weighted by atomic mass is 35.5. The molecule has 17 heavy (non-hydrogen) atoms. The lowest BCUT2D eigenvalue weighted by atomic mass is 9.97. The molecule has 0 bridgehead atoms. The molecule has 94 valence electrons. The lowest BCUT2D eigenvalue weighted by molar-refractivity contribution is 0.0135. The van der Waals surface area contributed by atoms with Crippen molar-refractivity contribution in [1.82, 2.24) is 0 Å². The van der Waals surface area contributed by atoms with E-state index in [0.29, 0.717) is 0 Å². The summed E-state index contributed by atoms with van der Waals surface area (Å²) in [6, 6.07) is 6.03. The van der Waals surface area contributed by atoms with Crippen LogP contribution in [0, 0.1) is 6.92 Å². The van der Waals surface area contributed by atoms with Gasteiger partial charge in [-0.15, -0.1) is 11.6 Å². The summed E-state index contributed by atoms with van der Waals surface area (Å²) in [5.74, 6) is 0.875. The third kappa shape index (κ3) is 2.93. The number of hydrogen-bond donors (Lipinski definition) is 0. The molecular weight excluding hydrogens is 236 g/mol. The molecule has 3 heteroatoms. The van der Waals surface area contributed by atoms with E-state index >= 15 is 0 Å². The average molecular weight is 255 g/mol. The van der Waals surface area contributed by atoms with Crippen molar-refractivity contribution in [2.75, 3.05) is 13.7 Å². The second kappa shape index (κ2) is 5.74. The predicted octanol–water partition coefficient (Wildman–Crippen LogP) is 3.85. The maximum atomic E-state index is 6.52. The van der Waals surface area contributed by atoms with Gasteiger partial charge in [0.2, 0.25) is 0 Å². The van der Waals surface area contributed by atoms with E-state index in [-0.39, 0.29) is 11.5 Å². The molecule has 1 saturated heterocycles. The Bertz CT molecular complexity index is 372. The van der Waals surface area contributed by atoms with Crippen LogP contribution in [0.15, 0.2) is 18.2 Å². The van der Waals surface area contributed by atoms with Crippen LogP contribution in [-0.2, 0) is 4.74 Å². The second-order valence-corrected chi connectivity index (χ2v) is 5.00. The lowest BCUT2D eigenvalue weighted by Crippen LogP contribution is -2.24. The smallest absolute Gasteiger partial charge is 0.119 e. The van der Waals surface area contributed by atoms with Crippen LogP contribution in [0.3, 0.4) is 0 Å². The van der Waals surface area contributed by atoms with E-state index in [1.807, 2.05) is 18.2 Å². The van der Waals surface area contributed by atoms with Crippen LogP contribution in [0.1, 0.15) is 35.8 Å². The third-order valence-corrected chi connectivity index (χ3v) is 3.83. The van der Waals surface area contributed by atoms with Crippen molar-refractivity contribution in [3.05, 3.63) is 29.3 Å². The summed E-state index contributed by atoms with van der Waals surface area (Å²) in [7, 11) is 1.68. The van der Waals surface area contributed by atoms with Gasteiger partial charge in [-0.05, 0) is 49.4 Å². The lowest BCUT2D eigenvalue weighted by Gasteiger charge is -2.27. The van der Waals surface area contributed by atoms with Gasteiger partial charge in [0.15, 0.2) is 0 Å². The van der Waals surface area contributed by atoms with Crippen LogP contribution in [-0.4, -0.2) is 19.8 Å². The summed E-state index contributed by atoms with van der Waals surface area (Å²) in [6.07, 6.45) is 3.57. The van der Waals surface area contributed by atoms with Gasteiger partial charge in [0, 0.05) is 6.61 Å². The molecule has 2 nitrogen and oxygen atoms in total. The summed E-state index contributed by atoms with van der Waals surface area (Å²) in [5, 5.41) is -0.0544. The zero-order valence-electron chi connectivity index (χ0n) is 10.4. The number of benzene rings is 1. The molecule has 1 heterocycles. The van der Waals surface area contributed by atoms with Crippen molar-refractivity contribution in [2.24, 2.45) is 0 Å². The zero-order chi connectivity index (χ0) is 12.3. The molecule has 2 atom stereocenters. The van der Waals surface area contributed by atoms with Gasteiger partial charge in [0.05, 0.1) is 18.6 Å². The summed E-state index contributed by atoms with van der Waals surface area (Å²) in [6.45, 7) is 2.90. The Balaban J connectivity index is 2.15. The van der Waals surface area contributed by atoms with E-state index < -0.39 is 0 Å². The fourth-order valence-corrected chi connectivity index (χ4v) is 2.72. The summed E-state index contributed by atoms with van der Waals surface area (Å²) in [5.41, 5.74) is 2.32. The highest BCUT2D eigenvalue weighted by molar-refractivity contribution is 6.21. The number of aryl methyl sites for hydroxylation is 1. The van der Waals surface area contributed by atoms with E-state index in [1.54, 1.807) is 7.11 Å². The van der Waals surface area contributed by atoms with Crippen LogP contribution in [0.25, 0.3) is 0 Å². The molecule has 0 amide bonds. The molecule has 0 saturated carbocycles. The molecule has 1 aliphatic heterocycles. The van der Waals surface area contributed by atoms with Gasteiger partial charge in [-0.3, -0.25) is 0 Å². The Morgan fingerprint density at radius 1 is 1.41 bits per heavy atom. The summed E-state index contributed by atoms with van der Waals surface area (Å²) >= 11 is 6.52. The van der Waals surface area contributed by atoms with E-state index in [9.17, 15) is 0 Å². The van der Waals surface area contributed by atoms with Crippen molar-refractivity contribution in [3.63, 3.8) is 0 Å². The van der Waals surface area contributed by atoms with Gasteiger partial charge in [-0.2, -0.15) is 0 Å². The van der Waals surface area contributed by atoms with Crippen LogP contribution in [0.5, 0.6) is 5.75 Å². The summed E-state index contributed by atoms with van der Waals surface area (Å²) < 4.78 is 10.9. The van der Waals surface area contributed by atoms with Crippen LogP contribution < -0.4 is 4.74 Å². The Morgan fingerprint density at radius 3 is 2.82 bits per heavy atom. The molecule has 1 aromatic carbocycles. The highest BCUT2D eigenvalue weighted by Gasteiger charge is 2.25. The molecule has 0 radical (unpaired) electrons. The fraction of sp³-hybridized carbons (Fsp3) is 0.571. The molecule has 0 aromatic heterocycles. The monoisotopic (exact) mass is 254 g/mol. The number of ether oxygens (including phenoxy) is 2. The molecule has 1 fully saturated rings. The maximum absolute atomic E-state index is 6.52. The quantitative estimate of drug-likeness (QED) is 0.763. The molecule has 2 unspecified atom stereocenters. The SMILES string of the molecule is COc1ccc(C(Cl)C2CCCCO2)c(C)c1. The third-order valence-electron chi connectivity index (χ3n) is 3.32. The largest absolute Gasteiger partial charge is 0.497 e. The Morgan fingerprint density at radius 2 is 2.24 bits per heavy atom. The number of halogens is 1. The minimum absolute atomic E-state index is 0.0544. The van der Waals surface area contributed by atoms with E-state index in [0.717, 1.165) is 30.8 Å². The van der Waals surface area contributed by atoms with Crippen LogP contribution >= 0.6 is 11.6 Å². The number of alkyl halides is 1. The number of methoxy groups -OCH3 is 1. The highest BCUT2D eigenvalue weighted by Crippen LogP contribution is 2.34. The van der Waals surface area contributed by atoms with Crippen molar-refractivity contribution in [3.8, 4) is 5.75 Å². The summed E-state index contributed by atoms with van der Waals surface area (Å²) in [4.78, 5) is 0. The van der Waals surface area contributed by atoms with E-state index in [1.165, 1.54) is 12.0 Å². The molecule has 1 aromatic rings. The first kappa shape index (κ1) is 12.7. The Labute approximate surface area is 108 Å². The molecule has 0 N–H and O–H groups in total. The van der Waals surface area contributed by atoms with Crippen molar-refractivity contribution < 1.29 is 9.47 Å². The van der Waals surface area contributed by atoms with Gasteiger partial charge in [-0.25, -0.2) is 0 Å². The zero-order valence-corrected chi connectivity index (χ0v) is 11.2. The van der Waals surface area contributed by atoms with Gasteiger partial charge >= 0.3 is 0 Å². The minimum atomic E-state index is -0.0544. The first-order valence-corrected chi connectivity index (χ1v) is 6.56. The maximum Gasteiger partial charge on any atom is 0.119 e. The molecular formula is C14H19ClO2. The fourth-order valence-electron chi connectivity index (χ4n) is 2.28. The average Bonchev–Trinajstić information content (AvgIpc) is 2.39. The molecule has 0 spiro atoms. The van der Waals surface area contributed by atoms with Crippen molar-refractivity contribution in [2.45, 2.75) is 37.7 Å². The first-order chi connectivity index (χ1) is 8.22. The number of hydrogen-bond acceptors (Lipinski definition) is 2. The molecule has 0 aliphatic carbocycles. The second-order valence-electron chi connectivity index (χ2n) is 4.53. The van der Waals surface area contributed by atoms with Gasteiger partial charge in [0.1, 0.15) is 5.75 Å². The van der Waals surface area contributed by atoms with Gasteiger partial charge in [0.25, 0.3) is 0 Å². The van der Waals surface area contributed by atoms with E-state index in [4.69, 9.17) is 21.1 Å². The topological polar surface area (TPSA) is 18.5 Å². The van der Waals surface area contributed by atoms with Crippen LogP contribution in [0.4, 0.5) is 0 Å². The minimum Gasteiger partial charge on any atom is -0.497 e. The Hall–Kier alpha value is -0.730. The predicted molar refractivity (Wildman–Crippen MR) is 69.9 cm³/mol. The number of rotatable bonds is 3. The molecule has 2 rings (SSSR count). The van der Waals surface area contributed by atoms with Gasteiger partial charge in [-0.1, -0.05) is 6.07 Å². The van der Waals surface area contributed by atoms with E-state index in [2.05, 4.69) is 6.92 Å². The van der Waals surface area contributed by atoms with Crippen molar-refractivity contribution >= 4 is 11.6 Å². The van der Waals surface area contributed by atoms with Crippen molar-refractivity contribution in [1.29, 1.82) is 0 Å². The normalized spacial score (nSPS) is 22.2. The first-order valence-electron chi connectivity index (χ1n) is 6.12. The standard InChI is InChI=1S/C14H19ClO2/c1-10-9-11(16-2)6-7-12(10)14(15)13-5-3-4-8-17-13/h6-7,9,13-14H,3-5,8H2,1-2H3. The van der Waals surface area contributed by atoms with Crippen LogP contribution in [0.2, 0.25) is 0 Å². The Kier molecular flexibility index (Phi) is 4.30. The molecule has 1 aliphatic rings. The van der Waals surface area contributed by atoms with Gasteiger partial charge < -0.3 is 9.47 Å².